The van der Waals surface area contributed by atoms with Gasteiger partial charge in [-0.05, 0) is 50.2 Å². The molecule has 19 heavy (non-hydrogen) atoms. The second-order valence-corrected chi connectivity index (χ2v) is 5.05. The summed E-state index contributed by atoms with van der Waals surface area (Å²) in [5, 5.41) is 0. The van der Waals surface area contributed by atoms with E-state index in [-0.39, 0.29) is 5.97 Å². The standard InChI is InChI=1S/C9H15NO.C6H10O2/c1-2-7-10-11-9-6-3-5-8(9)4-1;1-5(2)4-8-6(3)7/h4,9-10H,1-3,5-7H2;1,4H2,2-3H3/b8-4-;. The number of hydrogen-bond donors (Lipinski definition) is 1. The fourth-order valence-corrected chi connectivity index (χ4v) is 2.05. The van der Waals surface area contributed by atoms with Gasteiger partial charge in [-0.2, -0.15) is 0 Å². The second-order valence-electron chi connectivity index (χ2n) is 5.05. The largest absolute Gasteiger partial charge is 0.461 e. The van der Waals surface area contributed by atoms with Crippen LogP contribution in [-0.4, -0.2) is 25.2 Å². The topological polar surface area (TPSA) is 47.6 Å². The Balaban J connectivity index is 0.000000203. The summed E-state index contributed by atoms with van der Waals surface area (Å²) in [6.07, 6.45) is 8.97. The summed E-state index contributed by atoms with van der Waals surface area (Å²) in [7, 11) is 0. The van der Waals surface area contributed by atoms with E-state index >= 15 is 0 Å². The van der Waals surface area contributed by atoms with Crippen LogP contribution in [0.15, 0.2) is 23.8 Å². The van der Waals surface area contributed by atoms with Crippen LogP contribution in [0, 0.1) is 0 Å². The average Bonchev–Trinajstić information content (AvgIpc) is 2.74. The van der Waals surface area contributed by atoms with Crippen molar-refractivity contribution in [1.29, 1.82) is 0 Å². The SMILES string of the molecule is C1=C2/CCCC2ONCCC/1.C=C(C)COC(C)=O. The number of fused-ring (bicyclic) bond motifs is 1. The van der Waals surface area contributed by atoms with E-state index in [0.717, 1.165) is 12.1 Å². The van der Waals surface area contributed by atoms with E-state index < -0.39 is 0 Å². The maximum Gasteiger partial charge on any atom is 0.302 e. The highest BCUT2D eigenvalue weighted by Gasteiger charge is 2.21. The monoisotopic (exact) mass is 267 g/mol. The fraction of sp³-hybridized carbons (Fsp3) is 0.667. The minimum absolute atomic E-state index is 0.256. The Kier molecular flexibility index (Phi) is 7.45. The molecule has 1 saturated carbocycles. The first-order valence-corrected chi connectivity index (χ1v) is 6.94. The summed E-state index contributed by atoms with van der Waals surface area (Å²) >= 11 is 0. The molecule has 1 fully saturated rings. The number of nitrogens with one attached hydrogen (secondary N) is 1. The normalized spacial score (nSPS) is 24.7. The zero-order valence-electron chi connectivity index (χ0n) is 12.0. The van der Waals surface area contributed by atoms with Gasteiger partial charge in [0.25, 0.3) is 0 Å². The van der Waals surface area contributed by atoms with Crippen LogP contribution < -0.4 is 5.48 Å². The molecule has 0 saturated heterocycles. The first-order valence-electron chi connectivity index (χ1n) is 6.94. The summed E-state index contributed by atoms with van der Waals surface area (Å²) in [5.41, 5.74) is 5.40. The third kappa shape index (κ3) is 7.13. The highest BCUT2D eigenvalue weighted by atomic mass is 16.7. The van der Waals surface area contributed by atoms with Gasteiger partial charge in [0, 0.05) is 13.5 Å². The molecule has 0 spiro atoms. The van der Waals surface area contributed by atoms with Crippen molar-refractivity contribution in [3.05, 3.63) is 23.8 Å². The Labute approximate surface area is 115 Å². The molecule has 2 aliphatic rings. The minimum Gasteiger partial charge on any atom is -0.461 e. The van der Waals surface area contributed by atoms with Crippen molar-refractivity contribution in [1.82, 2.24) is 5.48 Å². The van der Waals surface area contributed by atoms with E-state index in [1.54, 1.807) is 0 Å². The molecule has 1 atom stereocenters. The van der Waals surface area contributed by atoms with E-state index in [1.807, 2.05) is 6.92 Å². The number of esters is 1. The number of ether oxygens (including phenoxy) is 1. The van der Waals surface area contributed by atoms with Gasteiger partial charge in [0.05, 0.1) is 6.10 Å². The molecule has 0 amide bonds. The van der Waals surface area contributed by atoms with E-state index in [0.29, 0.717) is 12.7 Å². The Hall–Kier alpha value is -1.13. The molecule has 2 rings (SSSR count). The molecule has 0 aromatic rings. The third-order valence-electron chi connectivity index (χ3n) is 2.98. The van der Waals surface area contributed by atoms with Crippen molar-refractivity contribution < 1.29 is 14.4 Å². The van der Waals surface area contributed by atoms with Crippen molar-refractivity contribution in [3.8, 4) is 0 Å². The molecule has 0 aromatic carbocycles. The lowest BCUT2D eigenvalue weighted by Gasteiger charge is -2.16. The number of carbonyl (C=O) groups excluding carboxylic acids is 1. The maximum absolute atomic E-state index is 10.1. The number of rotatable bonds is 2. The summed E-state index contributed by atoms with van der Waals surface area (Å²) in [6, 6.07) is 0. The van der Waals surface area contributed by atoms with Crippen LogP contribution >= 0.6 is 0 Å². The molecule has 1 aliphatic carbocycles. The second kappa shape index (κ2) is 8.88. The highest BCUT2D eigenvalue weighted by molar-refractivity contribution is 5.66. The molecule has 1 unspecified atom stereocenters. The Morgan fingerprint density at radius 2 is 2.32 bits per heavy atom. The number of hydroxylamine groups is 1. The molecule has 1 N–H and O–H groups in total. The smallest absolute Gasteiger partial charge is 0.302 e. The number of hydrogen-bond acceptors (Lipinski definition) is 4. The highest BCUT2D eigenvalue weighted by Crippen LogP contribution is 2.28. The molecule has 0 radical (unpaired) electrons. The lowest BCUT2D eigenvalue weighted by atomic mass is 10.1. The van der Waals surface area contributed by atoms with Crippen LogP contribution in [0.3, 0.4) is 0 Å². The quantitative estimate of drug-likeness (QED) is 0.617. The van der Waals surface area contributed by atoms with Gasteiger partial charge in [-0.15, -0.1) is 0 Å². The van der Waals surface area contributed by atoms with Crippen molar-refractivity contribution in [2.24, 2.45) is 0 Å². The predicted octanol–water partition coefficient (Wildman–Crippen LogP) is 2.91. The van der Waals surface area contributed by atoms with Gasteiger partial charge >= 0.3 is 5.97 Å². The van der Waals surface area contributed by atoms with E-state index in [4.69, 9.17) is 4.84 Å². The molecule has 4 heteroatoms. The first-order chi connectivity index (χ1) is 9.09. The van der Waals surface area contributed by atoms with Gasteiger partial charge in [-0.3, -0.25) is 9.63 Å². The zero-order chi connectivity index (χ0) is 14.1. The van der Waals surface area contributed by atoms with Crippen LogP contribution in [0.4, 0.5) is 0 Å². The van der Waals surface area contributed by atoms with Gasteiger partial charge in [0.1, 0.15) is 6.61 Å². The van der Waals surface area contributed by atoms with Crippen molar-refractivity contribution in [2.45, 2.75) is 52.1 Å². The van der Waals surface area contributed by atoms with Gasteiger partial charge < -0.3 is 4.74 Å². The number of carbonyl (C=O) groups is 1. The van der Waals surface area contributed by atoms with Crippen LogP contribution in [0.25, 0.3) is 0 Å². The summed E-state index contributed by atoms with van der Waals surface area (Å²) in [5.74, 6) is -0.256. The van der Waals surface area contributed by atoms with Crippen LogP contribution in [0.5, 0.6) is 0 Å². The van der Waals surface area contributed by atoms with Gasteiger partial charge in [0.2, 0.25) is 0 Å². The van der Waals surface area contributed by atoms with Gasteiger partial charge in [-0.1, -0.05) is 12.7 Å². The molecule has 0 bridgehead atoms. The fourth-order valence-electron chi connectivity index (χ4n) is 2.05. The Bertz CT molecular complexity index is 322. The molecule has 1 aliphatic heterocycles. The zero-order valence-corrected chi connectivity index (χ0v) is 12.0. The van der Waals surface area contributed by atoms with Crippen molar-refractivity contribution >= 4 is 5.97 Å². The lowest BCUT2D eigenvalue weighted by molar-refractivity contribution is -0.139. The van der Waals surface area contributed by atoms with E-state index in [9.17, 15) is 4.79 Å². The number of allylic oxidation sites excluding steroid dienone is 1. The predicted molar refractivity (Wildman–Crippen MR) is 75.5 cm³/mol. The average molecular weight is 267 g/mol. The van der Waals surface area contributed by atoms with Crippen LogP contribution in [0.2, 0.25) is 0 Å². The van der Waals surface area contributed by atoms with Crippen molar-refractivity contribution in [3.63, 3.8) is 0 Å². The van der Waals surface area contributed by atoms with E-state index in [2.05, 4.69) is 22.9 Å². The Morgan fingerprint density at radius 3 is 2.95 bits per heavy atom. The minimum atomic E-state index is -0.256. The van der Waals surface area contributed by atoms with Gasteiger partial charge in [0.15, 0.2) is 0 Å². The summed E-state index contributed by atoms with van der Waals surface area (Å²) in [6.45, 7) is 8.08. The molecule has 1 heterocycles. The molecule has 4 nitrogen and oxygen atoms in total. The lowest BCUT2D eigenvalue weighted by Crippen LogP contribution is -2.25. The Morgan fingerprint density at radius 1 is 1.53 bits per heavy atom. The molecular formula is C15H25NO3. The third-order valence-corrected chi connectivity index (χ3v) is 2.98. The summed E-state index contributed by atoms with van der Waals surface area (Å²) < 4.78 is 4.56. The maximum atomic E-state index is 10.1. The molecular weight excluding hydrogens is 242 g/mol. The van der Waals surface area contributed by atoms with Crippen molar-refractivity contribution in [2.75, 3.05) is 13.2 Å². The van der Waals surface area contributed by atoms with E-state index in [1.165, 1.54) is 44.6 Å². The van der Waals surface area contributed by atoms with Crippen LogP contribution in [0.1, 0.15) is 46.0 Å². The molecule has 108 valence electrons. The molecule has 0 aromatic heterocycles. The first kappa shape index (κ1) is 15.9. The van der Waals surface area contributed by atoms with Crippen LogP contribution in [-0.2, 0) is 14.4 Å². The summed E-state index contributed by atoms with van der Waals surface area (Å²) in [4.78, 5) is 15.6. The van der Waals surface area contributed by atoms with Gasteiger partial charge in [-0.25, -0.2) is 5.48 Å².